The van der Waals surface area contributed by atoms with E-state index in [2.05, 4.69) is 5.10 Å². The maximum absolute atomic E-state index is 11.4. The first-order valence-electron chi connectivity index (χ1n) is 4.30. The van der Waals surface area contributed by atoms with Gasteiger partial charge < -0.3 is 0 Å². The molecule has 0 N–H and O–H groups in total. The Morgan fingerprint density at radius 1 is 1.69 bits per heavy atom. The molecule has 2 rings (SSSR count). The fraction of sp³-hybridized carbons (Fsp3) is 0.625. The Balaban J connectivity index is 2.01. The predicted molar refractivity (Wildman–Crippen MR) is 48.7 cm³/mol. The highest BCUT2D eigenvalue weighted by Crippen LogP contribution is 2.27. The van der Waals surface area contributed by atoms with Gasteiger partial charge in [0.05, 0.1) is 0 Å². The standard InChI is InChI=1S/C8H10N2O2S/c11-7(6-2-1-3-6)4-10-8(12)13-5-9-10/h5-6H,1-4H2. The first kappa shape index (κ1) is 8.62. The average Bonchev–Trinajstić information content (AvgIpc) is 2.32. The minimum atomic E-state index is -0.146. The van der Waals surface area contributed by atoms with Gasteiger partial charge in [-0.1, -0.05) is 17.8 Å². The van der Waals surface area contributed by atoms with Crippen molar-refractivity contribution in [2.45, 2.75) is 25.8 Å². The van der Waals surface area contributed by atoms with Gasteiger partial charge in [0.2, 0.25) is 0 Å². The van der Waals surface area contributed by atoms with E-state index in [0.29, 0.717) is 0 Å². The van der Waals surface area contributed by atoms with Crippen LogP contribution in [0.3, 0.4) is 0 Å². The zero-order valence-corrected chi connectivity index (χ0v) is 7.92. The second-order valence-electron chi connectivity index (χ2n) is 3.26. The van der Waals surface area contributed by atoms with E-state index in [-0.39, 0.29) is 23.1 Å². The van der Waals surface area contributed by atoms with Crippen LogP contribution in [0.4, 0.5) is 0 Å². The van der Waals surface area contributed by atoms with Gasteiger partial charge in [-0.25, -0.2) is 4.68 Å². The molecule has 0 saturated heterocycles. The fourth-order valence-electron chi connectivity index (χ4n) is 1.35. The van der Waals surface area contributed by atoms with Gasteiger partial charge in [-0.3, -0.25) is 9.59 Å². The van der Waals surface area contributed by atoms with E-state index in [1.807, 2.05) is 0 Å². The summed E-state index contributed by atoms with van der Waals surface area (Å²) >= 11 is 1.03. The van der Waals surface area contributed by atoms with Gasteiger partial charge in [0, 0.05) is 5.92 Å². The third kappa shape index (κ3) is 1.70. The predicted octanol–water partition coefficient (Wildman–Crippen LogP) is 0.674. The number of hydrogen-bond donors (Lipinski definition) is 0. The van der Waals surface area contributed by atoms with E-state index in [1.54, 1.807) is 0 Å². The van der Waals surface area contributed by atoms with Crippen LogP contribution in [0.5, 0.6) is 0 Å². The molecular weight excluding hydrogens is 188 g/mol. The Bertz CT molecular complexity index is 364. The Morgan fingerprint density at radius 3 is 2.92 bits per heavy atom. The molecular formula is C8H10N2O2S. The molecule has 1 fully saturated rings. The number of Topliss-reactive ketones (excluding diaryl/α,β-unsaturated/α-hetero) is 1. The van der Waals surface area contributed by atoms with Crippen molar-refractivity contribution >= 4 is 17.1 Å². The normalized spacial score (nSPS) is 16.9. The third-order valence-corrected chi connectivity index (χ3v) is 3.03. The zero-order chi connectivity index (χ0) is 9.26. The molecule has 0 atom stereocenters. The van der Waals surface area contributed by atoms with Crippen LogP contribution < -0.4 is 4.87 Å². The molecule has 5 heteroatoms. The van der Waals surface area contributed by atoms with Crippen LogP contribution in [0, 0.1) is 5.92 Å². The largest absolute Gasteiger partial charge is 0.325 e. The van der Waals surface area contributed by atoms with Gasteiger partial charge in [-0.2, -0.15) is 5.10 Å². The van der Waals surface area contributed by atoms with Crippen LogP contribution in [0.2, 0.25) is 0 Å². The molecule has 0 unspecified atom stereocenters. The van der Waals surface area contributed by atoms with Crippen molar-refractivity contribution in [3.8, 4) is 0 Å². The third-order valence-electron chi connectivity index (χ3n) is 2.42. The van der Waals surface area contributed by atoms with Crippen molar-refractivity contribution in [2.24, 2.45) is 5.92 Å². The van der Waals surface area contributed by atoms with E-state index in [9.17, 15) is 9.59 Å². The highest BCUT2D eigenvalue weighted by molar-refractivity contribution is 7.06. The Morgan fingerprint density at radius 2 is 2.46 bits per heavy atom. The van der Waals surface area contributed by atoms with Crippen molar-refractivity contribution < 1.29 is 4.79 Å². The summed E-state index contributed by atoms with van der Waals surface area (Å²) in [4.78, 5) is 22.4. The van der Waals surface area contributed by atoms with Crippen LogP contribution in [0.1, 0.15) is 19.3 Å². The molecule has 0 radical (unpaired) electrons. The second kappa shape index (κ2) is 3.41. The van der Waals surface area contributed by atoms with E-state index < -0.39 is 0 Å². The summed E-state index contributed by atoms with van der Waals surface area (Å²) in [5, 5.41) is 3.80. The van der Waals surface area contributed by atoms with Gasteiger partial charge in [-0.05, 0) is 12.8 Å². The van der Waals surface area contributed by atoms with Gasteiger partial charge in [0.1, 0.15) is 12.1 Å². The maximum Gasteiger partial charge on any atom is 0.325 e. The highest BCUT2D eigenvalue weighted by atomic mass is 32.1. The van der Waals surface area contributed by atoms with Crippen LogP contribution in [-0.4, -0.2) is 15.6 Å². The van der Waals surface area contributed by atoms with Crippen LogP contribution in [0.15, 0.2) is 10.3 Å². The van der Waals surface area contributed by atoms with Crippen LogP contribution >= 0.6 is 11.3 Å². The summed E-state index contributed by atoms with van der Waals surface area (Å²) < 4.78 is 1.24. The summed E-state index contributed by atoms with van der Waals surface area (Å²) in [6.45, 7) is 0.160. The van der Waals surface area contributed by atoms with E-state index in [4.69, 9.17) is 0 Å². The fourth-order valence-corrected chi connectivity index (χ4v) is 1.83. The minimum Gasteiger partial charge on any atom is -0.297 e. The summed E-state index contributed by atoms with van der Waals surface area (Å²) in [6, 6.07) is 0. The number of nitrogens with zero attached hydrogens (tertiary/aromatic N) is 2. The number of ketones is 1. The first-order chi connectivity index (χ1) is 6.27. The molecule has 0 bridgehead atoms. The molecule has 13 heavy (non-hydrogen) atoms. The second-order valence-corrected chi connectivity index (χ2v) is 4.05. The molecule has 0 aromatic carbocycles. The zero-order valence-electron chi connectivity index (χ0n) is 7.10. The van der Waals surface area contributed by atoms with Gasteiger partial charge in [0.15, 0.2) is 5.78 Å². The van der Waals surface area contributed by atoms with E-state index in [0.717, 1.165) is 30.6 Å². The van der Waals surface area contributed by atoms with Crippen LogP contribution in [-0.2, 0) is 11.3 Å². The summed E-state index contributed by atoms with van der Waals surface area (Å²) in [5.41, 5.74) is 1.47. The lowest BCUT2D eigenvalue weighted by molar-refractivity contribution is -0.126. The van der Waals surface area contributed by atoms with Crippen molar-refractivity contribution in [3.05, 3.63) is 15.2 Å². The summed E-state index contributed by atoms with van der Waals surface area (Å²) in [6.07, 6.45) is 3.11. The quantitative estimate of drug-likeness (QED) is 0.717. The topological polar surface area (TPSA) is 52.0 Å². The molecule has 0 aliphatic heterocycles. The number of aromatic nitrogens is 2. The van der Waals surface area contributed by atoms with Crippen molar-refractivity contribution in [2.75, 3.05) is 0 Å². The smallest absolute Gasteiger partial charge is 0.297 e. The Hall–Kier alpha value is -0.970. The SMILES string of the molecule is O=C(Cn1ncsc1=O)C1CCC1. The molecule has 1 aromatic rings. The first-order valence-corrected chi connectivity index (χ1v) is 5.18. The summed E-state index contributed by atoms with van der Waals surface area (Å²) in [5.74, 6) is 0.341. The maximum atomic E-state index is 11.4. The molecule has 1 aliphatic carbocycles. The number of rotatable bonds is 3. The van der Waals surface area contributed by atoms with Crippen molar-refractivity contribution in [3.63, 3.8) is 0 Å². The van der Waals surface area contributed by atoms with E-state index >= 15 is 0 Å². The summed E-state index contributed by atoms with van der Waals surface area (Å²) in [7, 11) is 0. The van der Waals surface area contributed by atoms with Crippen molar-refractivity contribution in [1.82, 2.24) is 9.78 Å². The molecule has 0 spiro atoms. The molecule has 70 valence electrons. The van der Waals surface area contributed by atoms with Crippen molar-refractivity contribution in [1.29, 1.82) is 0 Å². The molecule has 1 heterocycles. The number of hydrogen-bond acceptors (Lipinski definition) is 4. The minimum absolute atomic E-state index is 0.146. The van der Waals surface area contributed by atoms with E-state index in [1.165, 1.54) is 10.2 Å². The lowest BCUT2D eigenvalue weighted by Gasteiger charge is -2.23. The highest BCUT2D eigenvalue weighted by Gasteiger charge is 2.25. The molecule has 1 aromatic heterocycles. The monoisotopic (exact) mass is 198 g/mol. The van der Waals surface area contributed by atoms with Gasteiger partial charge in [0.25, 0.3) is 0 Å². The average molecular weight is 198 g/mol. The Labute approximate surface area is 79.2 Å². The Kier molecular flexibility index (Phi) is 2.26. The lowest BCUT2D eigenvalue weighted by Crippen LogP contribution is -2.29. The van der Waals surface area contributed by atoms with Crippen LogP contribution in [0.25, 0.3) is 0 Å². The molecule has 4 nitrogen and oxygen atoms in total. The molecule has 1 aliphatic rings. The van der Waals surface area contributed by atoms with Gasteiger partial charge in [-0.15, -0.1) is 0 Å². The lowest BCUT2D eigenvalue weighted by atomic mass is 9.82. The molecule has 1 saturated carbocycles. The number of carbonyl (C=O) groups excluding carboxylic acids is 1. The number of carbonyl (C=O) groups is 1. The molecule has 0 amide bonds. The van der Waals surface area contributed by atoms with Gasteiger partial charge >= 0.3 is 4.87 Å².